The molecule has 0 spiro atoms. The quantitative estimate of drug-likeness (QED) is 0.749. The van der Waals surface area contributed by atoms with Crippen LogP contribution in [0.2, 0.25) is 0 Å². The van der Waals surface area contributed by atoms with E-state index in [0.717, 1.165) is 31.9 Å². The van der Waals surface area contributed by atoms with Gasteiger partial charge < -0.3 is 20.5 Å². The third-order valence-corrected chi connectivity index (χ3v) is 2.80. The highest BCUT2D eigenvalue weighted by atomic mass is 16.5. The van der Waals surface area contributed by atoms with Crippen LogP contribution in [0.5, 0.6) is 0 Å². The first kappa shape index (κ1) is 17.1. The number of morpholine rings is 1. The third-order valence-electron chi connectivity index (χ3n) is 2.80. The lowest BCUT2D eigenvalue weighted by atomic mass is 10.1. The Kier molecular flexibility index (Phi) is 8.08. The van der Waals surface area contributed by atoms with Gasteiger partial charge in [-0.2, -0.15) is 0 Å². The summed E-state index contributed by atoms with van der Waals surface area (Å²) < 4.78 is 5.01. The number of carbonyl (C=O) groups is 2. The van der Waals surface area contributed by atoms with Crippen LogP contribution in [0.15, 0.2) is 30.3 Å². The Bertz CT molecular complexity index is 421. The zero-order valence-electron chi connectivity index (χ0n) is 12.2. The first-order valence-electron chi connectivity index (χ1n) is 6.92. The summed E-state index contributed by atoms with van der Waals surface area (Å²) in [6.07, 6.45) is 0.301. The van der Waals surface area contributed by atoms with Gasteiger partial charge in [0.25, 0.3) is 0 Å². The number of hydrogen-bond donors (Lipinski definition) is 3. The van der Waals surface area contributed by atoms with Crippen molar-refractivity contribution in [3.05, 3.63) is 35.9 Å². The highest BCUT2D eigenvalue weighted by Crippen LogP contribution is 2.03. The van der Waals surface area contributed by atoms with Gasteiger partial charge in [0.05, 0.1) is 13.2 Å². The summed E-state index contributed by atoms with van der Waals surface area (Å²) in [5.74, 6) is -1.35. The van der Waals surface area contributed by atoms with E-state index < -0.39 is 12.0 Å². The molecule has 2 rings (SSSR count). The van der Waals surface area contributed by atoms with Crippen molar-refractivity contribution in [1.29, 1.82) is 0 Å². The van der Waals surface area contributed by atoms with E-state index in [2.05, 4.69) is 10.6 Å². The molecular weight excluding hydrogens is 272 g/mol. The molecule has 0 bridgehead atoms. The van der Waals surface area contributed by atoms with Gasteiger partial charge in [-0.3, -0.25) is 4.79 Å². The second-order valence-corrected chi connectivity index (χ2v) is 4.64. The predicted octanol–water partition coefficient (Wildman–Crippen LogP) is 0.425. The Labute approximate surface area is 124 Å². The molecule has 116 valence electrons. The molecule has 1 aliphatic rings. The SMILES string of the molecule is C1COCCN1.CC(=O)N[C@@H](Cc1ccccc1)C(=O)O. The minimum atomic E-state index is -1.02. The van der Waals surface area contributed by atoms with Crippen LogP contribution in [0, 0.1) is 0 Å². The van der Waals surface area contributed by atoms with Gasteiger partial charge >= 0.3 is 5.97 Å². The Balaban J connectivity index is 0.000000304. The number of rotatable bonds is 4. The number of benzene rings is 1. The van der Waals surface area contributed by atoms with Gasteiger partial charge in [0.15, 0.2) is 0 Å². The van der Waals surface area contributed by atoms with E-state index in [1.807, 2.05) is 30.3 Å². The average Bonchev–Trinajstić information content (AvgIpc) is 2.49. The van der Waals surface area contributed by atoms with Crippen LogP contribution in [-0.2, 0) is 20.7 Å². The molecule has 1 atom stereocenters. The fraction of sp³-hybridized carbons (Fsp3) is 0.467. The van der Waals surface area contributed by atoms with Crippen molar-refractivity contribution in [2.75, 3.05) is 26.3 Å². The van der Waals surface area contributed by atoms with Crippen LogP contribution < -0.4 is 10.6 Å². The summed E-state index contributed by atoms with van der Waals surface area (Å²) >= 11 is 0. The molecule has 1 saturated heterocycles. The highest BCUT2D eigenvalue weighted by Gasteiger charge is 2.18. The minimum absolute atomic E-state index is 0.301. The molecule has 0 saturated carbocycles. The van der Waals surface area contributed by atoms with Gasteiger partial charge in [0, 0.05) is 26.4 Å². The molecule has 1 fully saturated rings. The number of nitrogens with one attached hydrogen (secondary N) is 2. The largest absolute Gasteiger partial charge is 0.480 e. The smallest absolute Gasteiger partial charge is 0.326 e. The van der Waals surface area contributed by atoms with E-state index in [0.29, 0.717) is 6.42 Å². The molecule has 21 heavy (non-hydrogen) atoms. The molecule has 3 N–H and O–H groups in total. The molecule has 0 unspecified atom stereocenters. The summed E-state index contributed by atoms with van der Waals surface area (Å²) in [6.45, 7) is 5.14. The van der Waals surface area contributed by atoms with Crippen molar-refractivity contribution >= 4 is 11.9 Å². The van der Waals surface area contributed by atoms with Gasteiger partial charge in [0.2, 0.25) is 5.91 Å². The monoisotopic (exact) mass is 294 g/mol. The van der Waals surface area contributed by atoms with Crippen LogP contribution >= 0.6 is 0 Å². The van der Waals surface area contributed by atoms with Gasteiger partial charge in [-0.25, -0.2) is 4.79 Å². The van der Waals surface area contributed by atoms with Crippen molar-refractivity contribution in [3.63, 3.8) is 0 Å². The zero-order valence-corrected chi connectivity index (χ0v) is 12.2. The van der Waals surface area contributed by atoms with Gasteiger partial charge in [0.1, 0.15) is 6.04 Å². The molecule has 0 radical (unpaired) electrons. The Hall–Kier alpha value is -1.92. The number of carboxylic acids is 1. The molecule has 1 heterocycles. The van der Waals surface area contributed by atoms with Crippen LogP contribution in [0.4, 0.5) is 0 Å². The summed E-state index contributed by atoms with van der Waals surface area (Å²) in [7, 11) is 0. The van der Waals surface area contributed by atoms with Crippen molar-refractivity contribution < 1.29 is 19.4 Å². The van der Waals surface area contributed by atoms with Crippen LogP contribution in [0.1, 0.15) is 12.5 Å². The summed E-state index contributed by atoms with van der Waals surface area (Å²) in [5, 5.41) is 14.4. The normalized spacial score (nSPS) is 15.3. The topological polar surface area (TPSA) is 87.7 Å². The molecule has 6 heteroatoms. The maximum Gasteiger partial charge on any atom is 0.326 e. The van der Waals surface area contributed by atoms with Crippen molar-refractivity contribution in [2.24, 2.45) is 0 Å². The summed E-state index contributed by atoms with van der Waals surface area (Å²) in [4.78, 5) is 21.6. The van der Waals surface area contributed by atoms with E-state index in [-0.39, 0.29) is 5.91 Å². The van der Waals surface area contributed by atoms with E-state index in [1.54, 1.807) is 0 Å². The summed E-state index contributed by atoms with van der Waals surface area (Å²) in [6, 6.07) is 8.34. The van der Waals surface area contributed by atoms with Crippen molar-refractivity contribution in [1.82, 2.24) is 10.6 Å². The van der Waals surface area contributed by atoms with E-state index in [4.69, 9.17) is 9.84 Å². The third kappa shape index (κ3) is 8.06. The number of hydrogen-bond acceptors (Lipinski definition) is 4. The van der Waals surface area contributed by atoms with Crippen LogP contribution in [0.25, 0.3) is 0 Å². The maximum absolute atomic E-state index is 10.8. The minimum Gasteiger partial charge on any atom is -0.480 e. The standard InChI is InChI=1S/C11H13NO3.C4H9NO/c1-8(13)12-10(11(14)15)7-9-5-3-2-4-6-9;1-3-6-4-2-5-1/h2-6,10H,7H2,1H3,(H,12,13)(H,14,15);5H,1-4H2/t10-;/m0./s1. The highest BCUT2D eigenvalue weighted by molar-refractivity contribution is 5.82. The van der Waals surface area contributed by atoms with Crippen molar-refractivity contribution in [2.45, 2.75) is 19.4 Å². The number of carboxylic acid groups (broad SMARTS) is 1. The average molecular weight is 294 g/mol. The van der Waals surface area contributed by atoms with E-state index >= 15 is 0 Å². The van der Waals surface area contributed by atoms with Crippen molar-refractivity contribution in [3.8, 4) is 0 Å². The fourth-order valence-electron chi connectivity index (χ4n) is 1.81. The maximum atomic E-state index is 10.8. The molecular formula is C15H22N2O4. The Morgan fingerprint density at radius 2 is 1.90 bits per heavy atom. The zero-order chi connectivity index (χ0) is 15.5. The van der Waals surface area contributed by atoms with E-state index in [1.165, 1.54) is 6.92 Å². The first-order chi connectivity index (χ1) is 10.1. The molecule has 1 aromatic carbocycles. The molecule has 1 aromatic rings. The Morgan fingerprint density at radius 1 is 1.29 bits per heavy atom. The summed E-state index contributed by atoms with van der Waals surface area (Å²) in [5.41, 5.74) is 0.888. The van der Waals surface area contributed by atoms with E-state index in [9.17, 15) is 9.59 Å². The number of carbonyl (C=O) groups excluding carboxylic acids is 1. The second-order valence-electron chi connectivity index (χ2n) is 4.64. The number of ether oxygens (including phenoxy) is 1. The van der Waals surface area contributed by atoms with Gasteiger partial charge in [-0.1, -0.05) is 30.3 Å². The lowest BCUT2D eigenvalue weighted by molar-refractivity contribution is -0.141. The molecule has 0 aromatic heterocycles. The molecule has 1 amide bonds. The molecule has 1 aliphatic heterocycles. The Morgan fingerprint density at radius 3 is 2.29 bits per heavy atom. The predicted molar refractivity (Wildman–Crippen MR) is 79.1 cm³/mol. The lowest BCUT2D eigenvalue weighted by Crippen LogP contribution is -2.41. The number of aliphatic carboxylic acids is 1. The molecule has 0 aliphatic carbocycles. The first-order valence-corrected chi connectivity index (χ1v) is 6.92. The molecule has 6 nitrogen and oxygen atoms in total. The van der Waals surface area contributed by atoms with Gasteiger partial charge in [-0.05, 0) is 5.56 Å². The fourth-order valence-corrected chi connectivity index (χ4v) is 1.81. The second kappa shape index (κ2) is 9.90. The van der Waals surface area contributed by atoms with Crippen LogP contribution in [0.3, 0.4) is 0 Å². The van der Waals surface area contributed by atoms with Crippen LogP contribution in [-0.4, -0.2) is 49.3 Å². The number of amides is 1. The lowest BCUT2D eigenvalue weighted by Gasteiger charge is -2.12. The van der Waals surface area contributed by atoms with Gasteiger partial charge in [-0.15, -0.1) is 0 Å².